The van der Waals surface area contributed by atoms with Gasteiger partial charge in [0, 0.05) is 47.6 Å². The van der Waals surface area contributed by atoms with Crippen LogP contribution in [-0.4, -0.2) is 24.5 Å². The number of hydrogen-bond acceptors (Lipinski definition) is 5. The molecule has 0 spiro atoms. The Kier molecular flexibility index (Phi) is 8.61. The van der Waals surface area contributed by atoms with Gasteiger partial charge in [-0.25, -0.2) is 19.9 Å². The molecule has 0 N–H and O–H groups in total. The summed E-state index contributed by atoms with van der Waals surface area (Å²) in [5, 5.41) is 4.94. The summed E-state index contributed by atoms with van der Waals surface area (Å²) in [6.07, 6.45) is 0. The quantitative estimate of drug-likeness (QED) is 0.161. The van der Waals surface area contributed by atoms with Crippen LogP contribution < -0.4 is 0 Å². The van der Waals surface area contributed by atoms with Crippen molar-refractivity contribution in [2.24, 2.45) is 0 Å². The monoisotopic (exact) mass is 809 g/mol. The molecule has 0 radical (unpaired) electrons. The number of thiophene rings is 1. The maximum absolute atomic E-state index is 5.62. The molecule has 5 nitrogen and oxygen atoms in total. The van der Waals surface area contributed by atoms with E-state index in [1.807, 2.05) is 72.0 Å². The Labute approximate surface area is 361 Å². The average Bonchev–Trinajstić information content (AvgIpc) is 3.90. The fourth-order valence-electron chi connectivity index (χ4n) is 8.84. The van der Waals surface area contributed by atoms with Gasteiger partial charge in [-0.05, 0) is 64.7 Å². The van der Waals surface area contributed by atoms with E-state index in [1.165, 1.54) is 30.9 Å². The van der Waals surface area contributed by atoms with Crippen LogP contribution in [-0.2, 0) is 0 Å². The number of hydrogen-bond donors (Lipinski definition) is 0. The molecule has 4 heterocycles. The minimum Gasteiger partial charge on any atom is -0.307 e. The number of para-hydroxylation sites is 1. The van der Waals surface area contributed by atoms with Crippen molar-refractivity contribution in [2.45, 2.75) is 0 Å². The molecular formula is C56H35N5S. The molecule has 0 amide bonds. The van der Waals surface area contributed by atoms with Gasteiger partial charge in [-0.2, -0.15) is 0 Å². The molecule has 0 unspecified atom stereocenters. The van der Waals surface area contributed by atoms with Crippen LogP contribution in [0.4, 0.5) is 0 Å². The summed E-state index contributed by atoms with van der Waals surface area (Å²) >= 11 is 1.84. The summed E-state index contributed by atoms with van der Waals surface area (Å²) < 4.78 is 4.89. The molecule has 0 atom stereocenters. The van der Waals surface area contributed by atoms with Gasteiger partial charge >= 0.3 is 0 Å². The Morgan fingerprint density at radius 1 is 0.339 bits per heavy atom. The summed E-state index contributed by atoms with van der Waals surface area (Å²) in [7, 11) is 0. The average molecular weight is 810 g/mol. The molecule has 0 bridgehead atoms. The topological polar surface area (TPSA) is 56.5 Å². The molecule has 0 aliphatic carbocycles. The normalized spacial score (nSPS) is 11.5. The van der Waals surface area contributed by atoms with Crippen LogP contribution in [0.3, 0.4) is 0 Å². The minimum absolute atomic E-state index is 0.492. The predicted molar refractivity (Wildman–Crippen MR) is 257 cm³/mol. The van der Waals surface area contributed by atoms with Crippen LogP contribution in [0.5, 0.6) is 0 Å². The summed E-state index contributed by atoms with van der Waals surface area (Å²) in [5.41, 5.74) is 11.9. The molecule has 12 aromatic rings. The molecule has 0 fully saturated rings. The lowest BCUT2D eigenvalue weighted by Crippen LogP contribution is -2.06. The van der Waals surface area contributed by atoms with Crippen molar-refractivity contribution in [2.75, 3.05) is 0 Å². The molecule has 12 rings (SSSR count). The first kappa shape index (κ1) is 35.8. The van der Waals surface area contributed by atoms with Gasteiger partial charge in [-0.3, -0.25) is 0 Å². The van der Waals surface area contributed by atoms with Crippen LogP contribution in [0.15, 0.2) is 212 Å². The van der Waals surface area contributed by atoms with Gasteiger partial charge in [-0.1, -0.05) is 170 Å². The summed E-state index contributed by atoms with van der Waals surface area (Å²) in [6.45, 7) is 0. The van der Waals surface area contributed by atoms with E-state index in [0.29, 0.717) is 23.2 Å². The molecular weight excluding hydrogens is 775 g/mol. The number of aromatic nitrogens is 5. The summed E-state index contributed by atoms with van der Waals surface area (Å²) in [6, 6.07) is 74.4. The highest BCUT2D eigenvalue weighted by molar-refractivity contribution is 7.26. The Balaban J connectivity index is 1.16. The van der Waals surface area contributed by atoms with Gasteiger partial charge in [0.2, 0.25) is 0 Å². The zero-order valence-electron chi connectivity index (χ0n) is 33.4. The van der Waals surface area contributed by atoms with E-state index in [0.717, 1.165) is 61.4 Å². The van der Waals surface area contributed by atoms with Gasteiger partial charge in [0.25, 0.3) is 0 Å². The third-order valence-electron chi connectivity index (χ3n) is 11.7. The lowest BCUT2D eigenvalue weighted by Gasteiger charge is -2.16. The van der Waals surface area contributed by atoms with Crippen LogP contribution in [0.1, 0.15) is 0 Å². The van der Waals surface area contributed by atoms with Crippen LogP contribution in [0.25, 0.3) is 115 Å². The van der Waals surface area contributed by atoms with E-state index in [2.05, 4.69) is 156 Å². The van der Waals surface area contributed by atoms with Crippen LogP contribution >= 0.6 is 11.3 Å². The molecule has 8 aromatic carbocycles. The van der Waals surface area contributed by atoms with Crippen molar-refractivity contribution < 1.29 is 0 Å². The van der Waals surface area contributed by atoms with Gasteiger partial charge in [0.15, 0.2) is 17.5 Å². The minimum atomic E-state index is 0.492. The van der Waals surface area contributed by atoms with Crippen molar-refractivity contribution in [1.82, 2.24) is 24.5 Å². The number of rotatable bonds is 7. The fourth-order valence-corrected chi connectivity index (χ4v) is 9.95. The van der Waals surface area contributed by atoms with Crippen molar-refractivity contribution in [1.29, 1.82) is 0 Å². The first-order valence-electron chi connectivity index (χ1n) is 20.7. The standard InChI is InChI=1S/C56H35N5S/c1-5-17-36(18-6-1)41-30-29-40(35-44(41)37-19-7-2-8-20-37)45-31-32-48(53(57-45)56-59-54(38-21-9-3-10-22-38)58-55(60-56)39-23-11-4-12-24-39)61-46-27-15-13-25-42(46)51-47(61)33-34-50-52(51)43-26-14-16-28-49(43)62-50/h1-35H. The first-order valence-corrected chi connectivity index (χ1v) is 21.5. The van der Waals surface area contributed by atoms with Gasteiger partial charge in [0.1, 0.15) is 5.69 Å². The largest absolute Gasteiger partial charge is 0.307 e. The van der Waals surface area contributed by atoms with Crippen LogP contribution in [0, 0.1) is 0 Å². The SMILES string of the molecule is c1ccc(-c2nc(-c3ccccc3)nc(-c3nc(-c4ccc(-c5ccccc5)c(-c5ccccc5)c4)ccc3-n3c4ccccc4c4c5c(ccc43)sc3ccccc35)n2)cc1. The Morgan fingerprint density at radius 2 is 0.903 bits per heavy atom. The molecule has 6 heteroatoms. The van der Waals surface area contributed by atoms with Crippen molar-refractivity contribution in [3.8, 4) is 73.5 Å². The second-order valence-corrected chi connectivity index (χ2v) is 16.5. The maximum Gasteiger partial charge on any atom is 0.184 e. The third-order valence-corrected chi connectivity index (χ3v) is 12.8. The number of pyridine rings is 1. The summed E-state index contributed by atoms with van der Waals surface area (Å²) in [5.74, 6) is 1.66. The van der Waals surface area contributed by atoms with Gasteiger partial charge < -0.3 is 4.57 Å². The van der Waals surface area contributed by atoms with Crippen molar-refractivity contribution >= 4 is 53.3 Å². The van der Waals surface area contributed by atoms with Crippen molar-refractivity contribution in [3.05, 3.63) is 212 Å². The zero-order valence-corrected chi connectivity index (χ0v) is 34.2. The van der Waals surface area contributed by atoms with E-state index in [9.17, 15) is 0 Å². The molecule has 4 aromatic heterocycles. The van der Waals surface area contributed by atoms with E-state index >= 15 is 0 Å². The van der Waals surface area contributed by atoms with E-state index in [-0.39, 0.29) is 0 Å². The van der Waals surface area contributed by atoms with E-state index in [1.54, 1.807) is 0 Å². The number of benzene rings is 8. The van der Waals surface area contributed by atoms with E-state index < -0.39 is 0 Å². The smallest absolute Gasteiger partial charge is 0.184 e. The Hall–Kier alpha value is -8.06. The second-order valence-electron chi connectivity index (χ2n) is 15.4. The molecule has 0 aliphatic heterocycles. The van der Waals surface area contributed by atoms with Crippen molar-refractivity contribution in [3.63, 3.8) is 0 Å². The van der Waals surface area contributed by atoms with Gasteiger partial charge in [-0.15, -0.1) is 11.3 Å². The first-order chi connectivity index (χ1) is 30.7. The van der Waals surface area contributed by atoms with Gasteiger partial charge in [0.05, 0.1) is 22.4 Å². The number of nitrogens with zero attached hydrogens (tertiary/aromatic N) is 5. The molecule has 62 heavy (non-hydrogen) atoms. The van der Waals surface area contributed by atoms with E-state index in [4.69, 9.17) is 19.9 Å². The Bertz CT molecular complexity index is 3560. The highest BCUT2D eigenvalue weighted by Crippen LogP contribution is 2.45. The Morgan fingerprint density at radius 3 is 1.58 bits per heavy atom. The lowest BCUT2D eigenvalue weighted by atomic mass is 9.92. The molecule has 0 saturated heterocycles. The predicted octanol–water partition coefficient (Wildman–Crippen LogP) is 14.7. The molecule has 290 valence electrons. The lowest BCUT2D eigenvalue weighted by molar-refractivity contribution is 1.04. The fraction of sp³-hybridized carbons (Fsp3) is 0. The van der Waals surface area contributed by atoms with Crippen LogP contribution in [0.2, 0.25) is 0 Å². The highest BCUT2D eigenvalue weighted by Gasteiger charge is 2.24. The summed E-state index contributed by atoms with van der Waals surface area (Å²) in [4.78, 5) is 21.2. The second kappa shape index (κ2) is 14.9. The molecule has 0 aliphatic rings. The third kappa shape index (κ3) is 6.08. The zero-order chi connectivity index (χ0) is 41.0. The maximum atomic E-state index is 5.62. The highest BCUT2D eigenvalue weighted by atomic mass is 32.1. The molecule has 0 saturated carbocycles. The number of fused-ring (bicyclic) bond motifs is 7.